The van der Waals surface area contributed by atoms with Crippen molar-refractivity contribution in [3.05, 3.63) is 96.7 Å². The standard InChI is InChI=1S/C24H21N3OS/c1-18-12-14-19(15-13-18)22-16-27(21-10-6-3-7-11-21)24(26-22)29-17-23(28)25-20-8-4-2-5-9-20/h2-16H,17H2,1H3,(H,25,28). The SMILES string of the molecule is Cc1ccc(-c2cn(-c3ccccc3)c(SCC(=O)Nc3ccccc3)n2)cc1. The van der Waals surface area contributed by atoms with Crippen LogP contribution in [0.2, 0.25) is 0 Å². The second-order valence-corrected chi connectivity index (χ2v) is 7.63. The van der Waals surface area contributed by atoms with Gasteiger partial charge >= 0.3 is 0 Å². The molecule has 1 N–H and O–H groups in total. The third-order valence-corrected chi connectivity index (χ3v) is 5.40. The number of nitrogens with one attached hydrogen (secondary N) is 1. The monoisotopic (exact) mass is 399 g/mol. The molecule has 0 aliphatic carbocycles. The third kappa shape index (κ3) is 4.76. The highest BCUT2D eigenvalue weighted by Gasteiger charge is 2.14. The topological polar surface area (TPSA) is 46.9 Å². The normalized spacial score (nSPS) is 10.7. The van der Waals surface area contributed by atoms with Crippen LogP contribution >= 0.6 is 11.8 Å². The fourth-order valence-electron chi connectivity index (χ4n) is 2.95. The van der Waals surface area contributed by atoms with Gasteiger partial charge in [0.05, 0.1) is 11.4 Å². The summed E-state index contributed by atoms with van der Waals surface area (Å²) >= 11 is 1.43. The zero-order chi connectivity index (χ0) is 20.1. The molecule has 0 saturated carbocycles. The van der Waals surface area contributed by atoms with E-state index in [9.17, 15) is 4.79 Å². The van der Waals surface area contributed by atoms with E-state index in [0.717, 1.165) is 27.8 Å². The Morgan fingerprint density at radius 2 is 1.59 bits per heavy atom. The predicted octanol–water partition coefficient (Wildman–Crippen LogP) is 5.58. The quantitative estimate of drug-likeness (QED) is 0.431. The first-order valence-electron chi connectivity index (χ1n) is 9.38. The first-order valence-corrected chi connectivity index (χ1v) is 10.4. The summed E-state index contributed by atoms with van der Waals surface area (Å²) in [6.45, 7) is 2.07. The number of nitrogens with zero attached hydrogens (tertiary/aromatic N) is 2. The van der Waals surface area contributed by atoms with Crippen molar-refractivity contribution in [1.82, 2.24) is 9.55 Å². The van der Waals surface area contributed by atoms with Crippen LogP contribution < -0.4 is 5.32 Å². The summed E-state index contributed by atoms with van der Waals surface area (Å²) < 4.78 is 2.04. The molecule has 5 heteroatoms. The Morgan fingerprint density at radius 1 is 0.931 bits per heavy atom. The molecule has 4 aromatic rings. The second kappa shape index (κ2) is 8.80. The molecule has 0 radical (unpaired) electrons. The largest absolute Gasteiger partial charge is 0.325 e. The van der Waals surface area contributed by atoms with Crippen LogP contribution in [0.25, 0.3) is 16.9 Å². The molecular formula is C24H21N3OS. The molecule has 0 aliphatic heterocycles. The van der Waals surface area contributed by atoms with Gasteiger partial charge in [0.15, 0.2) is 5.16 Å². The van der Waals surface area contributed by atoms with Crippen molar-refractivity contribution >= 4 is 23.4 Å². The summed E-state index contributed by atoms with van der Waals surface area (Å²) in [5, 5.41) is 3.71. The van der Waals surface area contributed by atoms with Crippen molar-refractivity contribution in [2.75, 3.05) is 11.1 Å². The van der Waals surface area contributed by atoms with Crippen molar-refractivity contribution in [1.29, 1.82) is 0 Å². The molecule has 1 heterocycles. The van der Waals surface area contributed by atoms with E-state index in [0.29, 0.717) is 0 Å². The number of hydrogen-bond donors (Lipinski definition) is 1. The van der Waals surface area contributed by atoms with E-state index in [2.05, 4.69) is 36.5 Å². The number of benzene rings is 3. The first-order chi connectivity index (χ1) is 14.2. The summed E-state index contributed by atoms with van der Waals surface area (Å²) in [5.41, 5.74) is 4.97. The summed E-state index contributed by atoms with van der Waals surface area (Å²) in [4.78, 5) is 17.2. The number of thioether (sulfide) groups is 1. The fraction of sp³-hybridized carbons (Fsp3) is 0.0833. The summed E-state index contributed by atoms with van der Waals surface area (Å²) in [5.74, 6) is 0.229. The van der Waals surface area contributed by atoms with Crippen LogP contribution in [0, 0.1) is 6.92 Å². The molecule has 0 fully saturated rings. The van der Waals surface area contributed by atoms with E-state index >= 15 is 0 Å². The van der Waals surface area contributed by atoms with Gasteiger partial charge in [-0.25, -0.2) is 4.98 Å². The van der Waals surface area contributed by atoms with E-state index in [4.69, 9.17) is 4.98 Å². The van der Waals surface area contributed by atoms with E-state index in [1.165, 1.54) is 17.3 Å². The Balaban J connectivity index is 1.57. The van der Waals surface area contributed by atoms with Crippen molar-refractivity contribution in [3.63, 3.8) is 0 Å². The predicted molar refractivity (Wildman–Crippen MR) is 120 cm³/mol. The maximum absolute atomic E-state index is 12.4. The van der Waals surface area contributed by atoms with Crippen LogP contribution in [0.15, 0.2) is 96.3 Å². The lowest BCUT2D eigenvalue weighted by molar-refractivity contribution is -0.113. The average molecular weight is 400 g/mol. The van der Waals surface area contributed by atoms with Gasteiger partial charge in [-0.1, -0.05) is 78.0 Å². The number of aryl methyl sites for hydroxylation is 1. The molecule has 0 spiro atoms. The molecule has 4 rings (SSSR count). The van der Waals surface area contributed by atoms with Gasteiger partial charge in [0.1, 0.15) is 0 Å². The van der Waals surface area contributed by atoms with Crippen molar-refractivity contribution in [2.24, 2.45) is 0 Å². The number of rotatable bonds is 6. The van der Waals surface area contributed by atoms with Crippen LogP contribution in [0.3, 0.4) is 0 Å². The molecule has 1 aromatic heterocycles. The van der Waals surface area contributed by atoms with E-state index in [1.54, 1.807) is 0 Å². The molecule has 144 valence electrons. The zero-order valence-corrected chi connectivity index (χ0v) is 16.9. The van der Waals surface area contributed by atoms with Crippen LogP contribution in [-0.4, -0.2) is 21.2 Å². The van der Waals surface area contributed by atoms with Crippen LogP contribution in [0.4, 0.5) is 5.69 Å². The lowest BCUT2D eigenvalue weighted by atomic mass is 10.1. The molecule has 0 saturated heterocycles. The molecule has 0 aliphatic rings. The number of imidazole rings is 1. The minimum absolute atomic E-state index is 0.0549. The Kier molecular flexibility index (Phi) is 5.77. The first kappa shape index (κ1) is 19.0. The number of hydrogen-bond acceptors (Lipinski definition) is 3. The molecule has 0 atom stereocenters. The number of amides is 1. The Bertz CT molecular complexity index is 1090. The maximum atomic E-state index is 12.4. The molecule has 3 aromatic carbocycles. The Morgan fingerprint density at radius 3 is 2.28 bits per heavy atom. The van der Waals surface area contributed by atoms with Crippen molar-refractivity contribution in [3.8, 4) is 16.9 Å². The molecule has 4 nitrogen and oxygen atoms in total. The highest BCUT2D eigenvalue weighted by Crippen LogP contribution is 2.27. The van der Waals surface area contributed by atoms with Gasteiger partial charge < -0.3 is 5.32 Å². The summed E-state index contributed by atoms with van der Waals surface area (Å²) in [6, 6.07) is 27.8. The van der Waals surface area contributed by atoms with Crippen molar-refractivity contribution < 1.29 is 4.79 Å². The minimum atomic E-state index is -0.0549. The van der Waals surface area contributed by atoms with Gasteiger partial charge in [0.25, 0.3) is 0 Å². The highest BCUT2D eigenvalue weighted by atomic mass is 32.2. The van der Waals surface area contributed by atoms with E-state index in [1.807, 2.05) is 71.4 Å². The third-order valence-electron chi connectivity index (χ3n) is 4.45. The molecule has 29 heavy (non-hydrogen) atoms. The van der Waals surface area contributed by atoms with Gasteiger partial charge in [-0.3, -0.25) is 9.36 Å². The van der Waals surface area contributed by atoms with Gasteiger partial charge in [0.2, 0.25) is 5.91 Å². The molecule has 0 bridgehead atoms. The summed E-state index contributed by atoms with van der Waals surface area (Å²) in [7, 11) is 0. The maximum Gasteiger partial charge on any atom is 0.234 e. The lowest BCUT2D eigenvalue weighted by Gasteiger charge is -2.07. The summed E-state index contributed by atoms with van der Waals surface area (Å²) in [6.07, 6.45) is 2.03. The zero-order valence-electron chi connectivity index (χ0n) is 16.1. The van der Waals surface area contributed by atoms with Gasteiger partial charge in [0, 0.05) is 23.1 Å². The van der Waals surface area contributed by atoms with E-state index < -0.39 is 0 Å². The fourth-order valence-corrected chi connectivity index (χ4v) is 3.74. The smallest absolute Gasteiger partial charge is 0.234 e. The second-order valence-electron chi connectivity index (χ2n) is 6.68. The average Bonchev–Trinajstić information content (AvgIpc) is 3.18. The minimum Gasteiger partial charge on any atom is -0.325 e. The Hall–Kier alpha value is -3.31. The number of carbonyl (C=O) groups is 1. The van der Waals surface area contributed by atoms with Gasteiger partial charge in [-0.2, -0.15) is 0 Å². The van der Waals surface area contributed by atoms with Crippen LogP contribution in [0.5, 0.6) is 0 Å². The van der Waals surface area contributed by atoms with E-state index in [-0.39, 0.29) is 11.7 Å². The lowest BCUT2D eigenvalue weighted by Crippen LogP contribution is -2.14. The van der Waals surface area contributed by atoms with Gasteiger partial charge in [-0.15, -0.1) is 0 Å². The number of aromatic nitrogens is 2. The number of anilines is 1. The van der Waals surface area contributed by atoms with Crippen molar-refractivity contribution in [2.45, 2.75) is 12.1 Å². The Labute approximate surface area is 174 Å². The number of carbonyl (C=O) groups excluding carboxylic acids is 1. The highest BCUT2D eigenvalue weighted by molar-refractivity contribution is 7.99. The molecule has 0 unspecified atom stereocenters. The molecule has 1 amide bonds. The molecular weight excluding hydrogens is 378 g/mol. The number of para-hydroxylation sites is 2. The van der Waals surface area contributed by atoms with Crippen LogP contribution in [-0.2, 0) is 4.79 Å². The van der Waals surface area contributed by atoms with Crippen LogP contribution in [0.1, 0.15) is 5.56 Å². The van der Waals surface area contributed by atoms with Gasteiger partial charge in [-0.05, 0) is 31.2 Å².